The van der Waals surface area contributed by atoms with Crippen molar-refractivity contribution in [2.45, 2.75) is 102 Å². The van der Waals surface area contributed by atoms with E-state index < -0.39 is 56.7 Å². The van der Waals surface area contributed by atoms with Crippen LogP contribution in [0.4, 0.5) is 0 Å². The quantitative estimate of drug-likeness (QED) is 0.364. The minimum absolute atomic E-state index is 0.00574. The van der Waals surface area contributed by atoms with E-state index in [9.17, 15) is 13.2 Å². The van der Waals surface area contributed by atoms with Gasteiger partial charge in [0.1, 0.15) is 12.2 Å². The molecule has 37 heavy (non-hydrogen) atoms. The largest absolute Gasteiger partial charge is 0.414 e. The molecule has 210 valence electrons. The molecule has 0 aromatic carbocycles. The molecule has 2 aliphatic rings. The lowest BCUT2D eigenvalue weighted by molar-refractivity contribution is -0.0595. The average molecular weight is 576 g/mol. The van der Waals surface area contributed by atoms with Crippen LogP contribution >= 0.6 is 0 Å². The van der Waals surface area contributed by atoms with Gasteiger partial charge in [-0.3, -0.25) is 4.79 Å². The third kappa shape index (κ3) is 5.44. The second-order valence-corrected chi connectivity index (χ2v) is 23.7. The van der Waals surface area contributed by atoms with Crippen LogP contribution in [0.5, 0.6) is 0 Å². The Labute approximate surface area is 221 Å². The van der Waals surface area contributed by atoms with Crippen LogP contribution in [0.3, 0.4) is 0 Å². The molecule has 0 radical (unpaired) electrons. The zero-order chi connectivity index (χ0) is 28.4. The Hall–Kier alpha value is -1.63. The fourth-order valence-corrected chi connectivity index (χ4v) is 7.22. The Kier molecular flexibility index (Phi) is 7.47. The van der Waals surface area contributed by atoms with Gasteiger partial charge in [-0.2, -0.15) is 8.42 Å². The van der Waals surface area contributed by atoms with Crippen molar-refractivity contribution in [1.82, 2.24) is 15.0 Å². The molecule has 1 aromatic rings. The van der Waals surface area contributed by atoms with Crippen molar-refractivity contribution >= 4 is 32.7 Å². The van der Waals surface area contributed by atoms with Gasteiger partial charge < -0.3 is 25.1 Å². The number of nitrogens with two attached hydrogens (primary N) is 2. The predicted octanol–water partition coefficient (Wildman–Crippen LogP) is 2.59. The van der Waals surface area contributed by atoms with Crippen LogP contribution in [0.25, 0.3) is 0 Å². The first kappa shape index (κ1) is 29.9. The molecule has 1 aromatic heterocycles. The molecule has 3 heterocycles. The van der Waals surface area contributed by atoms with Gasteiger partial charge in [-0.05, 0) is 36.3 Å². The fraction of sp³-hybridized carbons (Fsp3) is 0.773. The molecular formula is C22H41N5O7SSi2. The lowest BCUT2D eigenvalue weighted by atomic mass is 9.89. The molecule has 1 spiro atoms. The highest BCUT2D eigenvalue weighted by Crippen LogP contribution is 2.52. The summed E-state index contributed by atoms with van der Waals surface area (Å²) in [5, 5.41) is 8.41. The maximum atomic E-state index is 12.7. The number of carbonyl (C=O) groups is 1. The molecule has 15 heteroatoms. The topological polar surface area (TPSA) is 171 Å². The van der Waals surface area contributed by atoms with Gasteiger partial charge in [0.15, 0.2) is 34.2 Å². The molecule has 12 nitrogen and oxygen atoms in total. The number of primary amides is 1. The van der Waals surface area contributed by atoms with Gasteiger partial charge >= 0.3 is 0 Å². The van der Waals surface area contributed by atoms with Crippen molar-refractivity contribution < 1.29 is 31.0 Å². The van der Waals surface area contributed by atoms with Crippen LogP contribution in [0.15, 0.2) is 17.3 Å². The van der Waals surface area contributed by atoms with E-state index in [2.05, 4.69) is 64.9 Å². The summed E-state index contributed by atoms with van der Waals surface area (Å²) in [6.45, 7) is 20.7. The standard InChI is InChI=1S/C22H41N5O7SSi2/c1-20(2,3)36(7,8)31-12-16-22(15(23)13-35(29,30)34-22)17(33-37(9,10)21(4,5)6)19(32-16)27-11-14(18(24)28)25-26-27/h11,13,16-17,19H,12,23H2,1-10H3,(H2,24,28). The number of carbonyl (C=O) groups excluding carboxylic acids is 1. The molecule has 0 saturated carbocycles. The number of amides is 1. The maximum absolute atomic E-state index is 12.7. The monoisotopic (exact) mass is 575 g/mol. The maximum Gasteiger partial charge on any atom is 0.292 e. The summed E-state index contributed by atoms with van der Waals surface area (Å²) in [5.74, 6) is -0.766. The lowest BCUT2D eigenvalue weighted by Crippen LogP contribution is -2.59. The number of hydrogen-bond acceptors (Lipinski definition) is 10. The van der Waals surface area contributed by atoms with Crippen LogP contribution < -0.4 is 11.5 Å². The third-order valence-corrected chi connectivity index (χ3v) is 18.1. The van der Waals surface area contributed by atoms with Crippen molar-refractivity contribution in [3.05, 3.63) is 23.0 Å². The van der Waals surface area contributed by atoms with E-state index in [0.29, 0.717) is 0 Å². The van der Waals surface area contributed by atoms with Crippen molar-refractivity contribution in [2.24, 2.45) is 11.5 Å². The van der Waals surface area contributed by atoms with E-state index in [1.807, 2.05) is 13.1 Å². The summed E-state index contributed by atoms with van der Waals surface area (Å²) in [4.78, 5) is 11.7. The van der Waals surface area contributed by atoms with E-state index in [1.54, 1.807) is 0 Å². The smallest absolute Gasteiger partial charge is 0.292 e. The zero-order valence-electron chi connectivity index (χ0n) is 23.4. The molecule has 0 aliphatic carbocycles. The predicted molar refractivity (Wildman–Crippen MR) is 143 cm³/mol. The number of hydrogen-bond donors (Lipinski definition) is 2. The lowest BCUT2D eigenvalue weighted by Gasteiger charge is -2.43. The van der Waals surface area contributed by atoms with Crippen LogP contribution in [0.1, 0.15) is 58.3 Å². The minimum atomic E-state index is -4.14. The van der Waals surface area contributed by atoms with Gasteiger partial charge in [0, 0.05) is 0 Å². The molecule has 4 unspecified atom stereocenters. The van der Waals surface area contributed by atoms with Crippen molar-refractivity contribution in [2.75, 3.05) is 6.61 Å². The molecule has 1 saturated heterocycles. The van der Waals surface area contributed by atoms with Crippen LogP contribution in [0, 0.1) is 0 Å². The van der Waals surface area contributed by atoms with Crippen LogP contribution in [0.2, 0.25) is 36.3 Å². The van der Waals surface area contributed by atoms with E-state index in [1.165, 1.54) is 10.9 Å². The van der Waals surface area contributed by atoms with Gasteiger partial charge in [0.05, 0.1) is 23.9 Å². The van der Waals surface area contributed by atoms with Gasteiger partial charge in [-0.15, -0.1) is 5.10 Å². The number of nitrogens with zero attached hydrogens (tertiary/aromatic N) is 3. The third-order valence-electron chi connectivity index (χ3n) is 8.09. The highest BCUT2D eigenvalue weighted by atomic mass is 32.2. The molecule has 1 amide bonds. The Morgan fingerprint density at radius 2 is 1.70 bits per heavy atom. The Morgan fingerprint density at radius 1 is 1.14 bits per heavy atom. The first-order valence-corrected chi connectivity index (χ1v) is 19.4. The van der Waals surface area contributed by atoms with Crippen molar-refractivity contribution in [3.8, 4) is 0 Å². The summed E-state index contributed by atoms with van der Waals surface area (Å²) >= 11 is 0. The molecule has 0 bridgehead atoms. The zero-order valence-corrected chi connectivity index (χ0v) is 26.2. The van der Waals surface area contributed by atoms with E-state index >= 15 is 0 Å². The summed E-state index contributed by atoms with van der Waals surface area (Å²) in [5.41, 5.74) is 9.99. The molecule has 2 aliphatic heterocycles. The first-order valence-electron chi connectivity index (χ1n) is 12.2. The van der Waals surface area contributed by atoms with E-state index in [-0.39, 0.29) is 28.1 Å². The molecule has 3 rings (SSSR count). The molecular weight excluding hydrogens is 535 g/mol. The van der Waals surface area contributed by atoms with Crippen molar-refractivity contribution in [3.63, 3.8) is 0 Å². The highest BCUT2D eigenvalue weighted by molar-refractivity contribution is 7.90. The van der Waals surface area contributed by atoms with Crippen molar-refractivity contribution in [1.29, 1.82) is 0 Å². The van der Waals surface area contributed by atoms with Crippen LogP contribution in [-0.2, 0) is 27.9 Å². The Bertz CT molecular complexity index is 1190. The fourth-order valence-electron chi connectivity index (χ4n) is 3.72. The van der Waals surface area contributed by atoms with E-state index in [4.69, 9.17) is 29.2 Å². The molecule has 4 N–H and O–H groups in total. The second-order valence-electron chi connectivity index (χ2n) is 12.8. The first-order chi connectivity index (χ1) is 16.5. The van der Waals surface area contributed by atoms with E-state index in [0.717, 1.165) is 5.41 Å². The summed E-state index contributed by atoms with van der Waals surface area (Å²) in [6, 6.07) is 0. The number of rotatable bonds is 7. The van der Waals surface area contributed by atoms with Gasteiger partial charge in [-0.25, -0.2) is 8.86 Å². The SMILES string of the molecule is CC(C)(C)[Si](C)(C)OCC1OC(n2cc(C(N)=O)nn2)C(O[Si](C)(C)C(C)(C)C)C12OS(=O)(=O)C=C2N. The van der Waals surface area contributed by atoms with Gasteiger partial charge in [0.2, 0.25) is 0 Å². The summed E-state index contributed by atoms with van der Waals surface area (Å²) < 4.78 is 52.2. The highest BCUT2D eigenvalue weighted by Gasteiger charge is 2.67. The average Bonchev–Trinajstić information content (AvgIpc) is 3.35. The van der Waals surface area contributed by atoms with Gasteiger partial charge in [0.25, 0.3) is 16.0 Å². The summed E-state index contributed by atoms with van der Waals surface area (Å²) in [6.07, 6.45) is -1.69. The number of aromatic nitrogens is 3. The Balaban J connectivity index is 2.16. The molecule has 1 fully saturated rings. The molecule has 4 atom stereocenters. The Morgan fingerprint density at radius 3 is 2.14 bits per heavy atom. The second kappa shape index (κ2) is 9.24. The van der Waals surface area contributed by atoms with Crippen LogP contribution in [-0.4, -0.2) is 70.4 Å². The minimum Gasteiger partial charge on any atom is -0.414 e. The summed E-state index contributed by atoms with van der Waals surface area (Å²) in [7, 11) is -8.99. The number of ether oxygens (including phenoxy) is 1. The normalized spacial score (nSPS) is 28.6. The van der Waals surface area contributed by atoms with Gasteiger partial charge in [-0.1, -0.05) is 46.8 Å².